The van der Waals surface area contributed by atoms with Gasteiger partial charge >= 0.3 is 33.4 Å². The maximum atomic E-state index is 14.4. The first-order valence-electron chi connectivity index (χ1n) is 11.6. The van der Waals surface area contributed by atoms with E-state index in [0.29, 0.717) is 11.3 Å². The second kappa shape index (κ2) is 11.5. The van der Waals surface area contributed by atoms with Gasteiger partial charge in [0.05, 0.1) is 20.3 Å². The van der Waals surface area contributed by atoms with Gasteiger partial charge in [-0.25, -0.2) is 0 Å². The molecule has 0 N–H and O–H groups in total. The highest BCUT2D eigenvalue weighted by Crippen LogP contribution is 2.55. The number of fused-ring (bicyclic) bond motifs is 1. The van der Waals surface area contributed by atoms with Crippen molar-refractivity contribution in [1.29, 1.82) is 0 Å². The van der Waals surface area contributed by atoms with Gasteiger partial charge < -0.3 is 13.7 Å². The number of allylic oxidation sites excluding steroid dienone is 1. The Kier molecular flexibility index (Phi) is 9.09. The summed E-state index contributed by atoms with van der Waals surface area (Å²) in [5.41, 5.74) is 1.46. The van der Waals surface area contributed by atoms with Crippen molar-refractivity contribution in [3.8, 4) is 5.75 Å². The summed E-state index contributed by atoms with van der Waals surface area (Å²) in [6.45, 7) is -0.0593. The summed E-state index contributed by atoms with van der Waals surface area (Å²) in [4.78, 5) is 0. The SMILES string of the molecule is COc1ccc2c(c1)CCCC(OS(=O)(=O)C(F)(F)C(F)(F)C(F)(F)C(F)(F)F)=C2CCOCc1ccccc1. The Hall–Kier alpha value is -2.94. The summed E-state index contributed by atoms with van der Waals surface area (Å²) in [6.07, 6.45) is -7.60. The molecule has 1 aliphatic rings. The molecule has 3 rings (SSSR count). The van der Waals surface area contributed by atoms with Crippen LogP contribution in [0.5, 0.6) is 5.75 Å². The van der Waals surface area contributed by atoms with Crippen molar-refractivity contribution in [2.75, 3.05) is 13.7 Å². The second-order valence-electron chi connectivity index (χ2n) is 8.77. The van der Waals surface area contributed by atoms with Gasteiger partial charge in [0, 0.05) is 12.0 Å². The Morgan fingerprint density at radius 2 is 1.50 bits per heavy atom. The van der Waals surface area contributed by atoms with E-state index in [9.17, 15) is 47.9 Å². The standard InChI is InChI=1S/C25H23F9O5S/c1-37-18-10-11-19-17(14-18)8-5-9-21(20(19)12-13-38-15-16-6-3-2-4-7-16)39-40(35,36)25(33,34)23(28,29)22(26,27)24(30,31)32/h2-4,6-7,10-11,14H,5,8-9,12-13,15H2,1H3. The minimum Gasteiger partial charge on any atom is -0.497 e. The fraction of sp³-hybridized carbons (Fsp3) is 0.440. The van der Waals surface area contributed by atoms with Crippen LogP contribution in [0.15, 0.2) is 54.3 Å². The van der Waals surface area contributed by atoms with E-state index in [1.54, 1.807) is 36.4 Å². The fourth-order valence-corrected chi connectivity index (χ4v) is 4.94. The summed E-state index contributed by atoms with van der Waals surface area (Å²) in [7, 11) is -5.72. The molecule has 222 valence electrons. The highest BCUT2D eigenvalue weighted by molar-refractivity contribution is 7.88. The van der Waals surface area contributed by atoms with Gasteiger partial charge in [-0.2, -0.15) is 47.9 Å². The minimum atomic E-state index is -7.40. The molecule has 0 spiro atoms. The van der Waals surface area contributed by atoms with Crippen LogP contribution in [0.25, 0.3) is 5.57 Å². The van der Waals surface area contributed by atoms with Gasteiger partial charge in [-0.15, -0.1) is 0 Å². The fourth-order valence-electron chi connectivity index (χ4n) is 3.95. The molecule has 0 atom stereocenters. The maximum Gasteiger partial charge on any atom is 0.460 e. The van der Waals surface area contributed by atoms with Crippen molar-refractivity contribution < 1.29 is 61.6 Å². The zero-order valence-electron chi connectivity index (χ0n) is 20.7. The van der Waals surface area contributed by atoms with Crippen molar-refractivity contribution in [1.82, 2.24) is 0 Å². The molecule has 0 bridgehead atoms. The Bertz CT molecular complexity index is 1320. The molecule has 0 amide bonds. The number of halogens is 9. The lowest BCUT2D eigenvalue weighted by molar-refractivity contribution is -0.382. The van der Waals surface area contributed by atoms with E-state index in [1.165, 1.54) is 19.2 Å². The third-order valence-electron chi connectivity index (χ3n) is 6.07. The number of benzene rings is 2. The quantitative estimate of drug-likeness (QED) is 0.155. The average molecular weight is 607 g/mol. The van der Waals surface area contributed by atoms with Crippen molar-refractivity contribution in [3.05, 3.63) is 71.0 Å². The molecule has 1 aliphatic carbocycles. The van der Waals surface area contributed by atoms with Crippen LogP contribution < -0.4 is 4.74 Å². The van der Waals surface area contributed by atoms with E-state index in [-0.39, 0.29) is 43.6 Å². The van der Waals surface area contributed by atoms with Gasteiger partial charge in [-0.3, -0.25) is 0 Å². The number of methoxy groups -OCH3 is 1. The van der Waals surface area contributed by atoms with E-state index in [0.717, 1.165) is 5.56 Å². The first-order valence-corrected chi connectivity index (χ1v) is 13.0. The third kappa shape index (κ3) is 6.04. The monoisotopic (exact) mass is 606 g/mol. The highest BCUT2D eigenvalue weighted by Gasteiger charge is 2.86. The Morgan fingerprint density at radius 3 is 2.10 bits per heavy atom. The molecule has 15 heteroatoms. The zero-order valence-corrected chi connectivity index (χ0v) is 21.5. The van der Waals surface area contributed by atoms with E-state index >= 15 is 0 Å². The molecular weight excluding hydrogens is 583 g/mol. The van der Waals surface area contributed by atoms with Crippen molar-refractivity contribution in [2.45, 2.75) is 55.6 Å². The summed E-state index contributed by atoms with van der Waals surface area (Å²) >= 11 is 0. The van der Waals surface area contributed by atoms with Gasteiger partial charge in [0.2, 0.25) is 0 Å². The normalized spacial score (nSPS) is 15.4. The van der Waals surface area contributed by atoms with E-state index in [2.05, 4.69) is 4.18 Å². The van der Waals surface area contributed by atoms with Crippen molar-refractivity contribution >= 4 is 15.7 Å². The Morgan fingerprint density at radius 1 is 0.850 bits per heavy atom. The molecule has 0 saturated carbocycles. The molecule has 0 radical (unpaired) electrons. The van der Waals surface area contributed by atoms with Crippen molar-refractivity contribution in [3.63, 3.8) is 0 Å². The molecule has 0 unspecified atom stereocenters. The zero-order chi connectivity index (χ0) is 30.0. The van der Waals surface area contributed by atoms with Crippen LogP contribution in [0.1, 0.15) is 36.0 Å². The molecule has 40 heavy (non-hydrogen) atoms. The molecule has 0 fully saturated rings. The number of ether oxygens (including phenoxy) is 2. The molecule has 5 nitrogen and oxygen atoms in total. The molecule has 0 aromatic heterocycles. The molecule has 0 saturated heterocycles. The van der Waals surface area contributed by atoms with Gasteiger partial charge in [0.15, 0.2) is 0 Å². The number of hydrogen-bond donors (Lipinski definition) is 0. The lowest BCUT2D eigenvalue weighted by atomic mass is 9.96. The van der Waals surface area contributed by atoms with Crippen LogP contribution in [0.2, 0.25) is 0 Å². The van der Waals surface area contributed by atoms with Crippen LogP contribution in [0, 0.1) is 0 Å². The number of rotatable bonds is 11. The summed E-state index contributed by atoms with van der Waals surface area (Å²) in [6, 6.07) is 13.2. The van der Waals surface area contributed by atoms with E-state index in [1.807, 2.05) is 0 Å². The molecular formula is C25H23F9O5S. The number of alkyl halides is 9. The van der Waals surface area contributed by atoms with Crippen molar-refractivity contribution in [2.24, 2.45) is 0 Å². The maximum absolute atomic E-state index is 14.4. The molecule has 0 heterocycles. The van der Waals surface area contributed by atoms with Crippen LogP contribution >= 0.6 is 0 Å². The largest absolute Gasteiger partial charge is 0.497 e. The minimum absolute atomic E-state index is 0.0278. The van der Waals surface area contributed by atoms with Crippen LogP contribution in [0.4, 0.5) is 39.5 Å². The molecule has 2 aromatic carbocycles. The van der Waals surface area contributed by atoms with Crippen LogP contribution in [0.3, 0.4) is 0 Å². The summed E-state index contributed by atoms with van der Waals surface area (Å²) in [5.74, 6) is -15.2. The predicted octanol–water partition coefficient (Wildman–Crippen LogP) is 7.12. The number of hydrogen-bond acceptors (Lipinski definition) is 5. The average Bonchev–Trinajstić information content (AvgIpc) is 3.04. The lowest BCUT2D eigenvalue weighted by Crippen LogP contribution is -2.63. The molecule has 2 aromatic rings. The summed E-state index contributed by atoms with van der Waals surface area (Å²) < 4.78 is 160. The Balaban J connectivity index is 2.00. The third-order valence-corrected chi connectivity index (χ3v) is 7.38. The van der Waals surface area contributed by atoms with Gasteiger partial charge in [-0.05, 0) is 48.1 Å². The topological polar surface area (TPSA) is 61.8 Å². The second-order valence-corrected chi connectivity index (χ2v) is 10.4. The Labute approximate surface area is 223 Å². The van der Waals surface area contributed by atoms with E-state index < -0.39 is 45.6 Å². The van der Waals surface area contributed by atoms with Gasteiger partial charge in [-0.1, -0.05) is 36.4 Å². The summed E-state index contributed by atoms with van der Waals surface area (Å²) in [5, 5.41) is -6.96. The smallest absolute Gasteiger partial charge is 0.460 e. The number of aryl methyl sites for hydroxylation is 1. The molecule has 0 aliphatic heterocycles. The lowest BCUT2D eigenvalue weighted by Gasteiger charge is -2.32. The predicted molar refractivity (Wildman–Crippen MR) is 124 cm³/mol. The van der Waals surface area contributed by atoms with Crippen LogP contribution in [-0.4, -0.2) is 45.4 Å². The first-order chi connectivity index (χ1) is 18.5. The first kappa shape index (κ1) is 31.6. The van der Waals surface area contributed by atoms with Gasteiger partial charge in [0.1, 0.15) is 11.5 Å². The van der Waals surface area contributed by atoms with Gasteiger partial charge in [0.25, 0.3) is 0 Å². The van der Waals surface area contributed by atoms with E-state index in [4.69, 9.17) is 9.47 Å². The van der Waals surface area contributed by atoms with Crippen LogP contribution in [-0.2, 0) is 32.1 Å². The highest BCUT2D eigenvalue weighted by atomic mass is 32.2.